The van der Waals surface area contributed by atoms with Gasteiger partial charge in [0, 0.05) is 39.1 Å². The van der Waals surface area contributed by atoms with Crippen LogP contribution in [-0.4, -0.2) is 71.7 Å². The Morgan fingerprint density at radius 2 is 2.21 bits per heavy atom. The highest BCUT2D eigenvalue weighted by molar-refractivity contribution is 14.0. The van der Waals surface area contributed by atoms with Gasteiger partial charge in [0.2, 0.25) is 5.82 Å². The Kier molecular flexibility index (Phi) is 9.09. The highest BCUT2D eigenvalue weighted by Crippen LogP contribution is 2.14. The number of nitrogens with one attached hydrogen (secondary N) is 3. The molecule has 0 bridgehead atoms. The summed E-state index contributed by atoms with van der Waals surface area (Å²) in [5.74, 6) is 2.62. The summed E-state index contributed by atoms with van der Waals surface area (Å²) in [6.07, 6.45) is 1.61. The number of alkyl halides is 2. The summed E-state index contributed by atoms with van der Waals surface area (Å²) in [5, 5.41) is 13.6. The Balaban J connectivity index is 0.00000280. The lowest BCUT2D eigenvalue weighted by Gasteiger charge is -2.32. The van der Waals surface area contributed by atoms with Crippen LogP contribution in [0, 0.1) is 0 Å². The Labute approximate surface area is 179 Å². The number of halogens is 3. The normalized spacial score (nSPS) is 16.2. The Morgan fingerprint density at radius 3 is 2.86 bits per heavy atom. The first-order valence-corrected chi connectivity index (χ1v) is 9.07. The maximum Gasteiger partial charge on any atom is 0.251 e. The molecule has 156 valence electrons. The summed E-state index contributed by atoms with van der Waals surface area (Å²) < 4.78 is 30.1. The quantitative estimate of drug-likeness (QED) is 0.301. The van der Waals surface area contributed by atoms with Gasteiger partial charge in [0.15, 0.2) is 11.7 Å². The van der Waals surface area contributed by atoms with Crippen LogP contribution in [0.25, 0.3) is 11.6 Å². The Hall–Kier alpha value is -1.76. The molecule has 0 aromatic carbocycles. The van der Waals surface area contributed by atoms with Crippen LogP contribution in [0.15, 0.2) is 27.8 Å². The van der Waals surface area contributed by atoms with E-state index in [1.165, 1.54) is 0 Å². The van der Waals surface area contributed by atoms with E-state index in [1.54, 1.807) is 24.3 Å². The molecule has 28 heavy (non-hydrogen) atoms. The van der Waals surface area contributed by atoms with Crippen molar-refractivity contribution in [3.05, 3.63) is 24.2 Å². The number of aromatic nitrogens is 3. The zero-order valence-electron chi connectivity index (χ0n) is 15.7. The maximum atomic E-state index is 12.4. The van der Waals surface area contributed by atoms with Gasteiger partial charge in [-0.1, -0.05) is 0 Å². The standard InChI is InChI=1S/C17H25F2N7O.HI/c1-20-17(22-12-5-8-26(9-6-12)11-14(18)19)21-7-4-15-23-16(25-24-15)13-3-2-10-27-13;/h2-3,10,12,14H,4-9,11H2,1H3,(H2,20,21,22)(H,23,24,25);1H. The van der Waals surface area contributed by atoms with E-state index in [-0.39, 0.29) is 36.6 Å². The van der Waals surface area contributed by atoms with E-state index in [9.17, 15) is 8.78 Å². The van der Waals surface area contributed by atoms with Crippen LogP contribution in [0.2, 0.25) is 0 Å². The number of H-pyrrole nitrogens is 1. The van der Waals surface area contributed by atoms with Crippen molar-refractivity contribution < 1.29 is 13.2 Å². The number of hydrogen-bond acceptors (Lipinski definition) is 5. The second kappa shape index (κ2) is 11.3. The van der Waals surface area contributed by atoms with Crippen LogP contribution in [0.3, 0.4) is 0 Å². The molecule has 1 aliphatic heterocycles. The fraction of sp³-hybridized carbons (Fsp3) is 0.588. The van der Waals surface area contributed by atoms with Gasteiger partial charge >= 0.3 is 0 Å². The van der Waals surface area contributed by atoms with Crippen molar-refractivity contribution in [2.24, 2.45) is 4.99 Å². The van der Waals surface area contributed by atoms with Crippen molar-refractivity contribution in [1.82, 2.24) is 30.7 Å². The lowest BCUT2D eigenvalue weighted by molar-refractivity contribution is 0.0744. The van der Waals surface area contributed by atoms with Crippen LogP contribution < -0.4 is 10.6 Å². The van der Waals surface area contributed by atoms with E-state index < -0.39 is 6.43 Å². The summed E-state index contributed by atoms with van der Waals surface area (Å²) in [4.78, 5) is 10.4. The molecule has 3 heterocycles. The highest BCUT2D eigenvalue weighted by atomic mass is 127. The average molecular weight is 509 g/mol. The van der Waals surface area contributed by atoms with Gasteiger partial charge in [0.25, 0.3) is 6.43 Å². The van der Waals surface area contributed by atoms with Gasteiger partial charge < -0.3 is 15.1 Å². The van der Waals surface area contributed by atoms with Crippen LogP contribution in [-0.2, 0) is 6.42 Å². The van der Waals surface area contributed by atoms with Crippen molar-refractivity contribution in [2.75, 3.05) is 33.2 Å². The fourth-order valence-electron chi connectivity index (χ4n) is 3.07. The third-order valence-electron chi connectivity index (χ3n) is 4.48. The maximum absolute atomic E-state index is 12.4. The smallest absolute Gasteiger partial charge is 0.251 e. The van der Waals surface area contributed by atoms with Gasteiger partial charge in [0.05, 0.1) is 12.8 Å². The van der Waals surface area contributed by atoms with Crippen molar-refractivity contribution in [2.45, 2.75) is 31.7 Å². The Bertz CT molecular complexity index is 715. The molecule has 3 N–H and O–H groups in total. The molecule has 0 radical (unpaired) electrons. The van der Waals surface area contributed by atoms with Gasteiger partial charge in [-0.3, -0.25) is 15.0 Å². The number of hydrogen-bond donors (Lipinski definition) is 3. The molecule has 11 heteroatoms. The lowest BCUT2D eigenvalue weighted by atomic mass is 10.1. The van der Waals surface area contributed by atoms with Crippen LogP contribution in [0.1, 0.15) is 18.7 Å². The van der Waals surface area contributed by atoms with Crippen LogP contribution in [0.5, 0.6) is 0 Å². The molecule has 0 amide bonds. The second-order valence-electron chi connectivity index (χ2n) is 6.44. The van der Waals surface area contributed by atoms with Gasteiger partial charge in [0.1, 0.15) is 5.82 Å². The number of guanidine groups is 1. The number of rotatable bonds is 7. The zero-order valence-corrected chi connectivity index (χ0v) is 18.0. The number of nitrogens with zero attached hydrogens (tertiary/aromatic N) is 4. The largest absolute Gasteiger partial charge is 0.461 e. The molecule has 1 saturated heterocycles. The summed E-state index contributed by atoms with van der Waals surface area (Å²) in [6, 6.07) is 3.84. The second-order valence-corrected chi connectivity index (χ2v) is 6.44. The van der Waals surface area contributed by atoms with Crippen molar-refractivity contribution in [1.29, 1.82) is 0 Å². The number of furan rings is 1. The number of piperidine rings is 1. The first-order valence-electron chi connectivity index (χ1n) is 9.07. The van der Waals surface area contributed by atoms with Crippen molar-refractivity contribution in [3.8, 4) is 11.6 Å². The molecule has 1 fully saturated rings. The van der Waals surface area contributed by atoms with Crippen LogP contribution >= 0.6 is 24.0 Å². The van der Waals surface area contributed by atoms with E-state index in [4.69, 9.17) is 4.42 Å². The molecule has 0 unspecified atom stereocenters. The topological polar surface area (TPSA) is 94.4 Å². The summed E-state index contributed by atoms with van der Waals surface area (Å²) in [7, 11) is 1.71. The number of aromatic amines is 1. The van der Waals surface area contributed by atoms with E-state index in [0.717, 1.165) is 18.7 Å². The summed E-state index contributed by atoms with van der Waals surface area (Å²) in [6.45, 7) is 1.84. The molecule has 0 spiro atoms. The molecular formula is C17H26F2IN7O. The van der Waals surface area contributed by atoms with E-state index in [2.05, 4.69) is 30.8 Å². The molecule has 0 saturated carbocycles. The minimum absolute atomic E-state index is 0. The monoisotopic (exact) mass is 509 g/mol. The number of likely N-dealkylation sites (tertiary alicyclic amines) is 1. The SMILES string of the molecule is CN=C(NCCc1nc(-c2ccco2)n[nH]1)NC1CCN(CC(F)F)CC1.I. The first kappa shape index (κ1) is 22.5. The molecule has 3 rings (SSSR count). The first-order chi connectivity index (χ1) is 13.1. The van der Waals surface area contributed by atoms with Gasteiger partial charge in [-0.15, -0.1) is 24.0 Å². The minimum atomic E-state index is -2.27. The highest BCUT2D eigenvalue weighted by Gasteiger charge is 2.21. The van der Waals surface area contributed by atoms with E-state index in [0.29, 0.717) is 43.6 Å². The van der Waals surface area contributed by atoms with Crippen LogP contribution in [0.4, 0.5) is 8.78 Å². The van der Waals surface area contributed by atoms with Gasteiger partial charge in [-0.05, 0) is 25.0 Å². The third kappa shape index (κ3) is 6.69. The summed E-state index contributed by atoms with van der Waals surface area (Å²) >= 11 is 0. The molecule has 0 atom stereocenters. The molecule has 1 aliphatic rings. The van der Waals surface area contributed by atoms with Crippen molar-refractivity contribution in [3.63, 3.8) is 0 Å². The molecule has 2 aromatic rings. The van der Waals surface area contributed by atoms with E-state index in [1.807, 2.05) is 6.07 Å². The molecular weight excluding hydrogens is 483 g/mol. The zero-order chi connectivity index (χ0) is 19.1. The third-order valence-corrected chi connectivity index (χ3v) is 4.48. The van der Waals surface area contributed by atoms with Gasteiger partial charge in [-0.2, -0.15) is 5.10 Å². The molecule has 2 aromatic heterocycles. The predicted molar refractivity (Wildman–Crippen MR) is 113 cm³/mol. The minimum Gasteiger partial charge on any atom is -0.461 e. The fourth-order valence-corrected chi connectivity index (χ4v) is 3.07. The van der Waals surface area contributed by atoms with Crippen molar-refractivity contribution >= 4 is 29.9 Å². The van der Waals surface area contributed by atoms with Gasteiger partial charge in [-0.25, -0.2) is 13.8 Å². The summed E-state index contributed by atoms with van der Waals surface area (Å²) in [5.41, 5.74) is 0. The lowest BCUT2D eigenvalue weighted by Crippen LogP contribution is -2.49. The predicted octanol–water partition coefficient (Wildman–Crippen LogP) is 2.12. The molecule has 8 nitrogen and oxygen atoms in total. The van der Waals surface area contributed by atoms with E-state index >= 15 is 0 Å². The molecule has 0 aliphatic carbocycles. The Morgan fingerprint density at radius 1 is 1.43 bits per heavy atom. The average Bonchev–Trinajstić information content (AvgIpc) is 3.33. The number of aliphatic imine (C=N–C) groups is 1.